The molecule has 0 fully saturated rings. The molecule has 0 aliphatic rings. The molecular weight excluding hydrogens is 311 g/mol. The summed E-state index contributed by atoms with van der Waals surface area (Å²) in [5.74, 6) is -0.776. The first-order valence-electron chi connectivity index (χ1n) is 5.64. The van der Waals surface area contributed by atoms with Crippen molar-refractivity contribution in [3.8, 4) is 0 Å². The Kier molecular flexibility index (Phi) is 4.16. The van der Waals surface area contributed by atoms with Crippen LogP contribution in [0.3, 0.4) is 0 Å². The maximum absolute atomic E-state index is 12.9. The first-order chi connectivity index (χ1) is 9.06. The van der Waals surface area contributed by atoms with E-state index in [4.69, 9.17) is 5.73 Å². The van der Waals surface area contributed by atoms with E-state index in [-0.39, 0.29) is 17.2 Å². The maximum Gasteiger partial charge on any atom is 0.253 e. The standard InChI is InChI=1S/C14H12BrFN2O/c15-10-3-1-9(2-4-10)8-18-14(19)12-6-5-11(16)7-13(12)17/h1-7H,8,17H2,(H,18,19). The van der Waals surface area contributed by atoms with Crippen molar-refractivity contribution in [2.24, 2.45) is 0 Å². The van der Waals surface area contributed by atoms with Crippen LogP contribution in [-0.2, 0) is 6.54 Å². The molecule has 0 aliphatic carbocycles. The Balaban J connectivity index is 2.03. The van der Waals surface area contributed by atoms with Crippen molar-refractivity contribution in [2.45, 2.75) is 6.54 Å². The minimum Gasteiger partial charge on any atom is -0.398 e. The summed E-state index contributed by atoms with van der Waals surface area (Å²) in [5, 5.41) is 2.74. The van der Waals surface area contributed by atoms with Crippen LogP contribution in [0.1, 0.15) is 15.9 Å². The molecule has 98 valence electrons. The summed E-state index contributed by atoms with van der Waals surface area (Å²) in [6.45, 7) is 0.392. The molecule has 0 saturated carbocycles. The molecule has 0 bridgehead atoms. The minimum atomic E-state index is -0.457. The van der Waals surface area contributed by atoms with Gasteiger partial charge in [0.1, 0.15) is 5.82 Å². The van der Waals surface area contributed by atoms with Gasteiger partial charge in [-0.25, -0.2) is 4.39 Å². The largest absolute Gasteiger partial charge is 0.398 e. The van der Waals surface area contributed by atoms with Crippen LogP contribution in [0.15, 0.2) is 46.9 Å². The molecule has 2 rings (SSSR count). The van der Waals surface area contributed by atoms with Crippen LogP contribution in [0, 0.1) is 5.82 Å². The maximum atomic E-state index is 12.9. The molecule has 2 aromatic rings. The average molecular weight is 323 g/mol. The topological polar surface area (TPSA) is 55.1 Å². The van der Waals surface area contributed by atoms with E-state index in [0.717, 1.165) is 16.1 Å². The van der Waals surface area contributed by atoms with Crippen LogP contribution in [0.25, 0.3) is 0 Å². The fraction of sp³-hybridized carbons (Fsp3) is 0.0714. The molecule has 1 amide bonds. The van der Waals surface area contributed by atoms with Crippen LogP contribution in [-0.4, -0.2) is 5.91 Å². The zero-order chi connectivity index (χ0) is 13.8. The lowest BCUT2D eigenvalue weighted by Gasteiger charge is -2.07. The molecular formula is C14H12BrFN2O. The number of hydrogen-bond acceptors (Lipinski definition) is 2. The monoisotopic (exact) mass is 322 g/mol. The van der Waals surface area contributed by atoms with Gasteiger partial charge in [0.2, 0.25) is 0 Å². The number of amides is 1. The van der Waals surface area contributed by atoms with E-state index in [1.54, 1.807) is 0 Å². The molecule has 0 unspecified atom stereocenters. The van der Waals surface area contributed by atoms with E-state index in [0.29, 0.717) is 6.54 Å². The third-order valence-electron chi connectivity index (χ3n) is 2.62. The normalized spacial score (nSPS) is 10.2. The molecule has 3 nitrogen and oxygen atoms in total. The number of nitrogens with two attached hydrogens (primary N) is 1. The van der Waals surface area contributed by atoms with Gasteiger partial charge in [-0.15, -0.1) is 0 Å². The Bertz CT molecular complexity index is 599. The highest BCUT2D eigenvalue weighted by Crippen LogP contribution is 2.14. The van der Waals surface area contributed by atoms with Crippen LogP contribution >= 0.6 is 15.9 Å². The second-order valence-electron chi connectivity index (χ2n) is 4.04. The number of nitrogens with one attached hydrogen (secondary N) is 1. The Labute approximate surface area is 118 Å². The third kappa shape index (κ3) is 3.54. The summed E-state index contributed by atoms with van der Waals surface area (Å²) in [4.78, 5) is 11.9. The fourth-order valence-electron chi connectivity index (χ4n) is 1.62. The second-order valence-corrected chi connectivity index (χ2v) is 4.96. The first kappa shape index (κ1) is 13.5. The smallest absolute Gasteiger partial charge is 0.253 e. The van der Waals surface area contributed by atoms with Gasteiger partial charge in [-0.2, -0.15) is 0 Å². The highest BCUT2D eigenvalue weighted by molar-refractivity contribution is 9.10. The summed E-state index contributed by atoms with van der Waals surface area (Å²) in [6.07, 6.45) is 0. The van der Waals surface area contributed by atoms with Crippen LogP contribution < -0.4 is 11.1 Å². The van der Waals surface area contributed by atoms with Gasteiger partial charge in [0, 0.05) is 16.7 Å². The van der Waals surface area contributed by atoms with E-state index < -0.39 is 5.82 Å². The van der Waals surface area contributed by atoms with Crippen LogP contribution in [0.4, 0.5) is 10.1 Å². The van der Waals surface area contributed by atoms with Gasteiger partial charge in [0.15, 0.2) is 0 Å². The Hall–Kier alpha value is -1.88. The fourth-order valence-corrected chi connectivity index (χ4v) is 1.88. The molecule has 0 aliphatic heterocycles. The molecule has 0 atom stereocenters. The summed E-state index contributed by atoms with van der Waals surface area (Å²) in [5.41, 5.74) is 6.98. The van der Waals surface area contributed by atoms with E-state index in [9.17, 15) is 9.18 Å². The van der Waals surface area contributed by atoms with Crippen molar-refractivity contribution in [3.63, 3.8) is 0 Å². The zero-order valence-electron chi connectivity index (χ0n) is 9.99. The van der Waals surface area contributed by atoms with Crippen molar-refractivity contribution >= 4 is 27.5 Å². The number of hydrogen-bond donors (Lipinski definition) is 2. The van der Waals surface area contributed by atoms with Gasteiger partial charge in [-0.05, 0) is 35.9 Å². The van der Waals surface area contributed by atoms with Gasteiger partial charge >= 0.3 is 0 Å². The lowest BCUT2D eigenvalue weighted by molar-refractivity contribution is 0.0952. The molecule has 0 heterocycles. The van der Waals surface area contributed by atoms with E-state index in [1.807, 2.05) is 24.3 Å². The van der Waals surface area contributed by atoms with Crippen molar-refractivity contribution < 1.29 is 9.18 Å². The highest BCUT2D eigenvalue weighted by atomic mass is 79.9. The molecule has 0 radical (unpaired) electrons. The number of halogens is 2. The minimum absolute atomic E-state index is 0.133. The summed E-state index contributed by atoms with van der Waals surface area (Å²) < 4.78 is 13.9. The van der Waals surface area contributed by atoms with E-state index in [1.165, 1.54) is 12.1 Å². The van der Waals surface area contributed by atoms with Gasteiger partial charge in [0.25, 0.3) is 5.91 Å². The number of rotatable bonds is 3. The number of carbonyl (C=O) groups is 1. The number of nitrogen functional groups attached to an aromatic ring is 1. The molecule has 3 N–H and O–H groups in total. The van der Waals surface area contributed by atoms with Crippen LogP contribution in [0.2, 0.25) is 0 Å². The predicted molar refractivity (Wildman–Crippen MR) is 76.1 cm³/mol. The zero-order valence-corrected chi connectivity index (χ0v) is 11.6. The molecule has 0 aromatic heterocycles. The molecule has 0 spiro atoms. The second kappa shape index (κ2) is 5.84. The third-order valence-corrected chi connectivity index (χ3v) is 3.15. The van der Waals surface area contributed by atoms with E-state index >= 15 is 0 Å². The quantitative estimate of drug-likeness (QED) is 0.853. The van der Waals surface area contributed by atoms with Crippen molar-refractivity contribution in [3.05, 3.63) is 63.9 Å². The van der Waals surface area contributed by atoms with Crippen molar-refractivity contribution in [1.29, 1.82) is 0 Å². The van der Waals surface area contributed by atoms with Gasteiger partial charge < -0.3 is 11.1 Å². The highest BCUT2D eigenvalue weighted by Gasteiger charge is 2.09. The summed E-state index contributed by atoms with van der Waals surface area (Å²) in [7, 11) is 0. The SMILES string of the molecule is Nc1cc(F)ccc1C(=O)NCc1ccc(Br)cc1. The number of carbonyl (C=O) groups excluding carboxylic acids is 1. The van der Waals surface area contributed by atoms with Crippen molar-refractivity contribution in [1.82, 2.24) is 5.32 Å². The average Bonchev–Trinajstić information content (AvgIpc) is 2.37. The Morgan fingerprint density at radius 3 is 2.53 bits per heavy atom. The molecule has 5 heteroatoms. The molecule has 19 heavy (non-hydrogen) atoms. The van der Waals surface area contributed by atoms with Gasteiger partial charge in [0.05, 0.1) is 5.56 Å². The van der Waals surface area contributed by atoms with Gasteiger partial charge in [-0.3, -0.25) is 4.79 Å². The number of benzene rings is 2. The summed E-state index contributed by atoms with van der Waals surface area (Å²) >= 11 is 3.34. The summed E-state index contributed by atoms with van der Waals surface area (Å²) in [6, 6.07) is 11.3. The first-order valence-corrected chi connectivity index (χ1v) is 6.43. The van der Waals surface area contributed by atoms with Crippen molar-refractivity contribution in [2.75, 3.05) is 5.73 Å². The molecule has 2 aromatic carbocycles. The van der Waals surface area contributed by atoms with Gasteiger partial charge in [-0.1, -0.05) is 28.1 Å². The van der Waals surface area contributed by atoms with E-state index in [2.05, 4.69) is 21.2 Å². The molecule has 0 saturated heterocycles. The predicted octanol–water partition coefficient (Wildman–Crippen LogP) is 3.10. The lowest BCUT2D eigenvalue weighted by Crippen LogP contribution is -2.23. The van der Waals surface area contributed by atoms with Crippen LogP contribution in [0.5, 0.6) is 0 Å². The number of anilines is 1. The lowest BCUT2D eigenvalue weighted by atomic mass is 10.1. The Morgan fingerprint density at radius 2 is 1.89 bits per heavy atom. The Morgan fingerprint density at radius 1 is 1.21 bits per heavy atom.